The van der Waals surface area contributed by atoms with E-state index in [4.69, 9.17) is 14.7 Å². The van der Waals surface area contributed by atoms with Gasteiger partial charge in [0, 0.05) is 11.9 Å². The number of unbranched alkanes of at least 4 members (excludes halogenated alkanes) is 11. The first-order chi connectivity index (χ1) is 15.3. The van der Waals surface area contributed by atoms with Gasteiger partial charge in [-0.05, 0) is 31.9 Å². The molecule has 0 saturated heterocycles. The second-order valence-electron chi connectivity index (χ2n) is 8.65. The molecule has 0 amide bonds. The topological polar surface area (TPSA) is 93.1 Å². The Bertz CT molecular complexity index is 491. The predicted molar refractivity (Wildman–Crippen MR) is 136 cm³/mol. The molecule has 2 N–H and O–H groups in total. The highest BCUT2D eigenvalue weighted by atomic mass is 32.2. The number of ether oxygens (including phenoxy) is 1. The second kappa shape index (κ2) is 21.5. The molecule has 0 rings (SSSR count). The molecule has 3 atom stereocenters. The van der Waals surface area contributed by atoms with Crippen molar-refractivity contribution in [3.8, 4) is 0 Å². The molecule has 0 radical (unpaired) electrons. The van der Waals surface area contributed by atoms with E-state index in [-0.39, 0.29) is 12.7 Å². The van der Waals surface area contributed by atoms with Gasteiger partial charge in [-0.2, -0.15) is 11.8 Å². The van der Waals surface area contributed by atoms with Crippen LogP contribution in [0.1, 0.15) is 117 Å². The van der Waals surface area contributed by atoms with Gasteiger partial charge in [0.25, 0.3) is 0 Å². The lowest BCUT2D eigenvalue weighted by atomic mass is 10.1. The Balaban J connectivity index is 4.09. The molecule has 6 nitrogen and oxygen atoms in total. The third-order valence-corrected chi connectivity index (χ3v) is 8.21. The van der Waals surface area contributed by atoms with E-state index in [1.807, 2.05) is 11.8 Å². The molecule has 0 heterocycles. The van der Waals surface area contributed by atoms with Crippen LogP contribution in [0.25, 0.3) is 0 Å². The summed E-state index contributed by atoms with van der Waals surface area (Å²) in [6.45, 7) is 6.87. The van der Waals surface area contributed by atoms with E-state index < -0.39 is 13.3 Å². The normalized spacial score (nSPS) is 15.4. The van der Waals surface area contributed by atoms with Crippen molar-refractivity contribution in [1.82, 2.24) is 0 Å². The van der Waals surface area contributed by atoms with Gasteiger partial charge >= 0.3 is 13.3 Å². The predicted octanol–water partition coefficient (Wildman–Crippen LogP) is 8.26. The third kappa shape index (κ3) is 18.4. The van der Waals surface area contributed by atoms with Gasteiger partial charge < -0.3 is 19.3 Å². The fraction of sp³-hybridized carbons (Fsp3) is 0.958. The zero-order valence-corrected chi connectivity index (χ0v) is 22.5. The molecule has 0 aromatic carbocycles. The van der Waals surface area contributed by atoms with Gasteiger partial charge in [-0.3, -0.25) is 0 Å². The Morgan fingerprint density at radius 2 is 1.38 bits per heavy atom. The Morgan fingerprint density at radius 3 is 1.94 bits per heavy atom. The first kappa shape index (κ1) is 31.9. The molecule has 3 unspecified atom stereocenters. The first-order valence-electron chi connectivity index (χ1n) is 12.8. The Kier molecular flexibility index (Phi) is 21.4. The number of carboxylic acid groups (broad SMARTS) is 1. The summed E-state index contributed by atoms with van der Waals surface area (Å²) < 4.78 is 21.8. The van der Waals surface area contributed by atoms with Crippen LogP contribution in [-0.4, -0.2) is 46.0 Å². The quantitative estimate of drug-likeness (QED) is 0.103. The van der Waals surface area contributed by atoms with Crippen molar-refractivity contribution < 1.29 is 28.6 Å². The molecule has 0 aliphatic carbocycles. The summed E-state index contributed by atoms with van der Waals surface area (Å²) in [5.74, 6) is 1.16. The van der Waals surface area contributed by atoms with Crippen molar-refractivity contribution in [2.45, 2.75) is 128 Å². The summed E-state index contributed by atoms with van der Waals surface area (Å²) in [4.78, 5) is 19.7. The maximum absolute atomic E-state index is 11.3. The van der Waals surface area contributed by atoms with E-state index in [1.54, 1.807) is 0 Å². The van der Waals surface area contributed by atoms with Crippen LogP contribution in [0, 0.1) is 0 Å². The van der Waals surface area contributed by atoms with Crippen LogP contribution in [0.2, 0.25) is 0 Å². The smallest absolute Gasteiger partial charge is 0.435 e. The summed E-state index contributed by atoms with van der Waals surface area (Å²) >= 11 is 2.02. The lowest BCUT2D eigenvalue weighted by Gasteiger charge is -2.24. The van der Waals surface area contributed by atoms with E-state index in [0.29, 0.717) is 18.3 Å². The van der Waals surface area contributed by atoms with Crippen LogP contribution in [0.5, 0.6) is 0 Å². The Labute approximate surface area is 201 Å². The maximum atomic E-state index is 11.3. The molecule has 8 heteroatoms. The molecular weight excluding hydrogens is 447 g/mol. The molecule has 0 saturated carbocycles. The number of thioether (sulfide) groups is 1. The second-order valence-corrected chi connectivity index (χ2v) is 11.7. The highest BCUT2D eigenvalue weighted by Gasteiger charge is 2.29. The highest BCUT2D eigenvalue weighted by molar-refractivity contribution is 7.99. The summed E-state index contributed by atoms with van der Waals surface area (Å²) in [5, 5.41) is 9.05. The number of hydrogen-bond acceptors (Lipinski definition) is 5. The fourth-order valence-corrected chi connectivity index (χ4v) is 5.40. The highest BCUT2D eigenvalue weighted by Crippen LogP contribution is 2.42. The van der Waals surface area contributed by atoms with Crippen LogP contribution >= 0.6 is 19.4 Å². The van der Waals surface area contributed by atoms with E-state index >= 15 is 0 Å². The monoisotopic (exact) mass is 496 g/mol. The zero-order valence-electron chi connectivity index (χ0n) is 20.8. The van der Waals surface area contributed by atoms with E-state index in [9.17, 15) is 9.36 Å². The SMILES string of the molecule is CCCCCCCCCCCSC(CCCCCC)C(C)OCCCOP(=O)(O)C(=O)O. The standard InChI is InChI=1S/C24H49O6PS/c1-4-6-8-10-11-12-13-14-16-21-32-23(18-15-9-7-5-2)22(3)29-19-17-20-30-31(27,28)24(25)26/h22-23H,4-21H2,1-3H3,(H,25,26)(H,27,28). The van der Waals surface area contributed by atoms with Crippen LogP contribution < -0.4 is 0 Å². The molecule has 0 aromatic heterocycles. The van der Waals surface area contributed by atoms with Crippen molar-refractivity contribution in [2.75, 3.05) is 19.0 Å². The largest absolute Gasteiger partial charge is 0.472 e. The fourth-order valence-electron chi connectivity index (χ4n) is 3.55. The van der Waals surface area contributed by atoms with Gasteiger partial charge in [-0.15, -0.1) is 0 Å². The van der Waals surface area contributed by atoms with E-state index in [2.05, 4.69) is 25.3 Å². The van der Waals surface area contributed by atoms with Crippen molar-refractivity contribution in [2.24, 2.45) is 0 Å². The lowest BCUT2D eigenvalue weighted by Crippen LogP contribution is -2.25. The average molecular weight is 497 g/mol. The van der Waals surface area contributed by atoms with Gasteiger partial charge in [-0.25, -0.2) is 9.36 Å². The molecular formula is C24H49O6PS. The van der Waals surface area contributed by atoms with Gasteiger partial charge in [-0.1, -0.05) is 90.9 Å². The van der Waals surface area contributed by atoms with Gasteiger partial charge in [0.15, 0.2) is 0 Å². The molecule has 192 valence electrons. The van der Waals surface area contributed by atoms with Gasteiger partial charge in [0.1, 0.15) is 0 Å². The molecule has 0 aliphatic heterocycles. The molecule has 0 aliphatic rings. The summed E-state index contributed by atoms with van der Waals surface area (Å²) in [6.07, 6.45) is 18.7. The Hall–Kier alpha value is -0.0700. The minimum Gasteiger partial charge on any atom is -0.472 e. The molecule has 0 bridgehead atoms. The van der Waals surface area contributed by atoms with Crippen LogP contribution in [0.4, 0.5) is 4.79 Å². The van der Waals surface area contributed by atoms with E-state index in [1.165, 1.54) is 83.5 Å². The summed E-state index contributed by atoms with van der Waals surface area (Å²) in [6, 6.07) is 0. The Morgan fingerprint density at radius 1 is 0.844 bits per heavy atom. The van der Waals surface area contributed by atoms with Crippen LogP contribution in [0.15, 0.2) is 0 Å². The van der Waals surface area contributed by atoms with Crippen molar-refractivity contribution >= 4 is 25.1 Å². The zero-order chi connectivity index (χ0) is 24.1. The van der Waals surface area contributed by atoms with Crippen molar-refractivity contribution in [3.05, 3.63) is 0 Å². The first-order valence-corrected chi connectivity index (χ1v) is 15.4. The number of carbonyl (C=O) groups is 1. The van der Waals surface area contributed by atoms with Crippen molar-refractivity contribution in [1.29, 1.82) is 0 Å². The minimum atomic E-state index is -4.55. The van der Waals surface area contributed by atoms with E-state index in [0.717, 1.165) is 12.2 Å². The van der Waals surface area contributed by atoms with Crippen LogP contribution in [-0.2, 0) is 13.8 Å². The van der Waals surface area contributed by atoms with Gasteiger partial charge in [0.05, 0.1) is 12.7 Å². The average Bonchev–Trinajstić information content (AvgIpc) is 2.75. The lowest BCUT2D eigenvalue weighted by molar-refractivity contribution is 0.0537. The maximum Gasteiger partial charge on any atom is 0.435 e. The summed E-state index contributed by atoms with van der Waals surface area (Å²) in [5.41, 5.74) is -1.81. The molecule has 0 fully saturated rings. The number of hydrogen-bond donors (Lipinski definition) is 2. The molecule has 0 spiro atoms. The summed E-state index contributed by atoms with van der Waals surface area (Å²) in [7, 11) is -4.55. The van der Waals surface area contributed by atoms with Crippen LogP contribution in [0.3, 0.4) is 0 Å². The minimum absolute atomic E-state index is 0.0977. The third-order valence-electron chi connectivity index (χ3n) is 5.62. The number of rotatable bonds is 24. The molecule has 0 aromatic rings. The van der Waals surface area contributed by atoms with Crippen molar-refractivity contribution in [3.63, 3.8) is 0 Å². The van der Waals surface area contributed by atoms with Gasteiger partial charge in [0.2, 0.25) is 0 Å². The molecule has 32 heavy (non-hydrogen) atoms.